The van der Waals surface area contributed by atoms with Crippen LogP contribution >= 0.6 is 11.6 Å². The fourth-order valence-corrected chi connectivity index (χ4v) is 10.4. The molecule has 3 aliphatic carbocycles. The van der Waals surface area contributed by atoms with Gasteiger partial charge >= 0.3 is 5.97 Å². The second-order valence-corrected chi connectivity index (χ2v) is 18.2. The van der Waals surface area contributed by atoms with Crippen LogP contribution in [0.4, 0.5) is 10.1 Å². The number of fused-ring (bicyclic) bond motifs is 3. The van der Waals surface area contributed by atoms with E-state index in [1.165, 1.54) is 34.9 Å². The minimum absolute atomic E-state index is 0.0258. The summed E-state index contributed by atoms with van der Waals surface area (Å²) in [6.45, 7) is 9.07. The van der Waals surface area contributed by atoms with E-state index in [0.29, 0.717) is 48.6 Å². The molecular weight excluding hydrogens is 749 g/mol. The molecule has 7 nitrogen and oxygen atoms in total. The van der Waals surface area contributed by atoms with Crippen molar-refractivity contribution < 1.29 is 23.8 Å². The van der Waals surface area contributed by atoms with Crippen molar-refractivity contribution >= 4 is 23.3 Å². The van der Waals surface area contributed by atoms with Gasteiger partial charge in [0.1, 0.15) is 22.9 Å². The highest BCUT2D eigenvalue weighted by molar-refractivity contribution is 6.30. The predicted octanol–water partition coefficient (Wildman–Crippen LogP) is 11.1. The molecule has 7 rings (SSSR count). The number of carboxylic acids is 1. The Bertz CT molecular complexity index is 2030. The van der Waals surface area contributed by atoms with Crippen LogP contribution in [0.2, 0.25) is 5.02 Å². The number of nitrogens with zero attached hydrogens (tertiary/aromatic N) is 2. The third kappa shape index (κ3) is 9.50. The summed E-state index contributed by atoms with van der Waals surface area (Å²) in [6.07, 6.45) is 12.3. The lowest BCUT2D eigenvalue weighted by Gasteiger charge is -2.47. The summed E-state index contributed by atoms with van der Waals surface area (Å²) in [5.41, 5.74) is 5.36. The number of hydrogen-bond acceptors (Lipinski definition) is 6. The van der Waals surface area contributed by atoms with E-state index in [0.717, 1.165) is 87.2 Å². The number of nitrogens with one attached hydrogen (secondary N) is 1. The van der Waals surface area contributed by atoms with Gasteiger partial charge in [0, 0.05) is 34.7 Å². The number of aliphatic carboxylic acids is 1. The zero-order valence-corrected chi connectivity index (χ0v) is 35.5. The fraction of sp³-hybridized carbons (Fsp3) is 0.510. The maximum absolute atomic E-state index is 14.1. The SMILES string of the molecule is CC(CCCN(C)CCc1ccccc1F)Oc1ccc2c(c1)C1(CCC(Nc3cccc(Cl)c3)(C(=O)O)CC1)[C@@H](C[C@@H](C)COc1ccnc3c1[C@H](C)CCC3)C2. The molecule has 0 radical (unpaired) electrons. The zero-order chi connectivity index (χ0) is 40.9. The first-order chi connectivity index (χ1) is 27.9. The smallest absolute Gasteiger partial charge is 0.329 e. The number of likely N-dealkylation sites (N-methyl/N-ethyl adjacent to an activating group) is 1. The number of aryl methyl sites for hydroxylation is 1. The van der Waals surface area contributed by atoms with Crippen LogP contribution in [0.25, 0.3) is 0 Å². The van der Waals surface area contributed by atoms with Crippen molar-refractivity contribution in [2.45, 2.75) is 121 Å². The molecule has 1 heterocycles. The predicted molar refractivity (Wildman–Crippen MR) is 231 cm³/mol. The first kappa shape index (κ1) is 42.0. The summed E-state index contributed by atoms with van der Waals surface area (Å²) in [5, 5.41) is 14.7. The Morgan fingerprint density at radius 1 is 1.05 bits per heavy atom. The van der Waals surface area contributed by atoms with Gasteiger partial charge in [-0.1, -0.05) is 55.8 Å². The van der Waals surface area contributed by atoms with Gasteiger partial charge in [0.25, 0.3) is 0 Å². The quantitative estimate of drug-likeness (QED) is 0.110. The molecule has 2 N–H and O–H groups in total. The average molecular weight is 810 g/mol. The van der Waals surface area contributed by atoms with Crippen molar-refractivity contribution in [3.63, 3.8) is 0 Å². The molecule has 1 aromatic heterocycles. The number of anilines is 1. The van der Waals surface area contributed by atoms with Gasteiger partial charge < -0.3 is 24.8 Å². The minimum atomic E-state index is -1.08. The molecule has 3 aromatic carbocycles. The first-order valence-electron chi connectivity index (χ1n) is 21.5. The van der Waals surface area contributed by atoms with Crippen LogP contribution in [-0.2, 0) is 29.5 Å². The molecule has 58 heavy (non-hydrogen) atoms. The Labute approximate surface area is 349 Å². The summed E-state index contributed by atoms with van der Waals surface area (Å²) in [4.78, 5) is 20.0. The normalized spacial score (nSPS) is 23.6. The van der Waals surface area contributed by atoms with E-state index in [1.807, 2.05) is 36.5 Å². The van der Waals surface area contributed by atoms with Crippen LogP contribution in [0.3, 0.4) is 0 Å². The summed E-state index contributed by atoms with van der Waals surface area (Å²) < 4.78 is 27.3. The standard InChI is InChI=1S/C49H61ClFN3O4/c1-33(32-57-45-19-25-52-44-16-7-10-34(2)46(44)45)28-38-29-37-17-18-41(58-35(3)11-9-26-54(4)27-20-36-12-5-6-15-43(36)51)31-42(37)48(38)21-23-49(24-22-48,47(55)56)53-40-14-8-13-39(50)30-40/h5-6,8,12-15,17-19,25,30-31,33-35,38,53H,7,9-11,16,20-24,26-29,32H2,1-4H3,(H,55,56)/t33-,34-,35?,38+,48?,49?/m1/s1. The molecule has 1 saturated carbocycles. The number of hydrogen-bond donors (Lipinski definition) is 2. The molecule has 310 valence electrons. The molecule has 1 unspecified atom stereocenters. The summed E-state index contributed by atoms with van der Waals surface area (Å²) in [5.74, 6) is 1.99. The molecule has 9 heteroatoms. The van der Waals surface area contributed by atoms with E-state index in [1.54, 1.807) is 18.2 Å². The number of carboxylic acid groups (broad SMARTS) is 1. The van der Waals surface area contributed by atoms with Gasteiger partial charge in [-0.05, 0) is 180 Å². The molecule has 0 bridgehead atoms. The molecule has 0 saturated heterocycles. The Morgan fingerprint density at radius 3 is 2.64 bits per heavy atom. The lowest BCUT2D eigenvalue weighted by molar-refractivity contribution is -0.144. The highest BCUT2D eigenvalue weighted by Crippen LogP contribution is 2.57. The van der Waals surface area contributed by atoms with Crippen LogP contribution in [0.15, 0.2) is 79.0 Å². The third-order valence-electron chi connectivity index (χ3n) is 13.5. The molecule has 4 aromatic rings. The average Bonchev–Trinajstić information content (AvgIpc) is 3.48. The molecule has 4 atom stereocenters. The Kier molecular flexibility index (Phi) is 13.3. The Balaban J connectivity index is 1.04. The van der Waals surface area contributed by atoms with Crippen molar-refractivity contribution in [2.24, 2.45) is 11.8 Å². The molecule has 3 aliphatic rings. The lowest BCUT2D eigenvalue weighted by Crippen LogP contribution is -2.53. The largest absolute Gasteiger partial charge is 0.493 e. The fourth-order valence-electron chi connectivity index (χ4n) is 10.2. The summed E-state index contributed by atoms with van der Waals surface area (Å²) >= 11 is 6.32. The van der Waals surface area contributed by atoms with Crippen LogP contribution < -0.4 is 14.8 Å². The van der Waals surface area contributed by atoms with Crippen LogP contribution in [0, 0.1) is 17.7 Å². The monoisotopic (exact) mass is 809 g/mol. The van der Waals surface area contributed by atoms with Gasteiger partial charge in [0.05, 0.1) is 12.7 Å². The van der Waals surface area contributed by atoms with Gasteiger partial charge in [-0.25, -0.2) is 9.18 Å². The van der Waals surface area contributed by atoms with Crippen LogP contribution in [-0.4, -0.2) is 59.3 Å². The number of carbonyl (C=O) groups is 1. The summed E-state index contributed by atoms with van der Waals surface area (Å²) in [7, 11) is 2.09. The maximum atomic E-state index is 14.1. The molecular formula is C49H61ClFN3O4. The van der Waals surface area contributed by atoms with Gasteiger partial charge in [0.15, 0.2) is 0 Å². The minimum Gasteiger partial charge on any atom is -0.493 e. The second kappa shape index (κ2) is 18.4. The van der Waals surface area contributed by atoms with E-state index < -0.39 is 11.5 Å². The van der Waals surface area contributed by atoms with Crippen LogP contribution in [0.1, 0.15) is 112 Å². The molecule has 1 fully saturated rings. The molecule has 0 aliphatic heterocycles. The van der Waals surface area contributed by atoms with E-state index in [-0.39, 0.29) is 17.3 Å². The van der Waals surface area contributed by atoms with Gasteiger partial charge in [-0.2, -0.15) is 0 Å². The van der Waals surface area contributed by atoms with Crippen molar-refractivity contribution in [3.8, 4) is 11.5 Å². The van der Waals surface area contributed by atoms with Crippen molar-refractivity contribution in [3.05, 3.63) is 118 Å². The van der Waals surface area contributed by atoms with E-state index in [9.17, 15) is 14.3 Å². The maximum Gasteiger partial charge on any atom is 0.329 e. The Morgan fingerprint density at radius 2 is 1.86 bits per heavy atom. The van der Waals surface area contributed by atoms with Crippen molar-refractivity contribution in [1.82, 2.24) is 9.88 Å². The van der Waals surface area contributed by atoms with Crippen molar-refractivity contribution in [1.29, 1.82) is 0 Å². The number of aromatic nitrogens is 1. The van der Waals surface area contributed by atoms with Gasteiger partial charge in [-0.3, -0.25) is 4.98 Å². The Hall–Kier alpha value is -4.14. The van der Waals surface area contributed by atoms with Crippen LogP contribution in [0.5, 0.6) is 11.5 Å². The molecule has 0 amide bonds. The van der Waals surface area contributed by atoms with E-state index in [2.05, 4.69) is 61.2 Å². The van der Waals surface area contributed by atoms with Gasteiger partial charge in [0.2, 0.25) is 0 Å². The zero-order valence-electron chi connectivity index (χ0n) is 34.7. The van der Waals surface area contributed by atoms with Crippen molar-refractivity contribution in [2.75, 3.05) is 32.1 Å². The first-order valence-corrected chi connectivity index (χ1v) is 21.9. The van der Waals surface area contributed by atoms with Gasteiger partial charge in [-0.15, -0.1) is 0 Å². The second-order valence-electron chi connectivity index (χ2n) is 17.7. The number of ether oxygens (including phenoxy) is 2. The number of halogens is 2. The topological polar surface area (TPSA) is 83.9 Å². The highest BCUT2D eigenvalue weighted by atomic mass is 35.5. The number of pyridine rings is 1. The third-order valence-corrected chi connectivity index (χ3v) is 13.7. The van der Waals surface area contributed by atoms with E-state index >= 15 is 0 Å². The number of rotatable bonds is 17. The lowest BCUT2D eigenvalue weighted by atomic mass is 9.59. The number of benzene rings is 3. The van der Waals surface area contributed by atoms with E-state index in [4.69, 9.17) is 21.1 Å². The summed E-state index contributed by atoms with van der Waals surface area (Å²) in [6, 6.07) is 23.1. The highest BCUT2D eigenvalue weighted by Gasteiger charge is 2.54. The molecule has 1 spiro atoms.